The molecule has 0 spiro atoms. The maximum Gasteiger partial charge on any atom is 0.269 e. The van der Waals surface area contributed by atoms with Crippen LogP contribution in [0, 0.1) is 16.0 Å². The quantitative estimate of drug-likeness (QED) is 0.624. The van der Waals surface area contributed by atoms with Gasteiger partial charge in [-0.2, -0.15) is 0 Å². The molecule has 5 heteroatoms. The van der Waals surface area contributed by atoms with E-state index < -0.39 is 16.9 Å². The molecule has 0 radical (unpaired) electrons. The number of nitro benzene ring substituents is 1. The summed E-state index contributed by atoms with van der Waals surface area (Å²) in [4.78, 5) is 21.1. The number of rotatable bonds is 4. The van der Waals surface area contributed by atoms with Gasteiger partial charge in [-0.15, -0.1) is 0 Å². The van der Waals surface area contributed by atoms with Crippen LogP contribution in [0.15, 0.2) is 24.3 Å². The van der Waals surface area contributed by atoms with E-state index in [1.165, 1.54) is 25.1 Å². The fraction of sp³-hybridized carbons (Fsp3) is 0.364. The van der Waals surface area contributed by atoms with Crippen LogP contribution in [0.4, 0.5) is 5.69 Å². The zero-order valence-corrected chi connectivity index (χ0v) is 9.08. The van der Waals surface area contributed by atoms with Crippen molar-refractivity contribution >= 4 is 11.5 Å². The van der Waals surface area contributed by atoms with Crippen LogP contribution in [0.5, 0.6) is 0 Å². The number of nitrogens with zero attached hydrogens (tertiary/aromatic N) is 1. The first-order valence-corrected chi connectivity index (χ1v) is 4.86. The van der Waals surface area contributed by atoms with Gasteiger partial charge < -0.3 is 5.11 Å². The van der Waals surface area contributed by atoms with E-state index in [0.717, 1.165) is 0 Å². The molecule has 0 aliphatic rings. The molecule has 0 heterocycles. The van der Waals surface area contributed by atoms with Gasteiger partial charge in [0.05, 0.1) is 11.0 Å². The predicted molar refractivity (Wildman–Crippen MR) is 57.9 cm³/mol. The van der Waals surface area contributed by atoms with Crippen molar-refractivity contribution in [3.05, 3.63) is 39.9 Å². The minimum absolute atomic E-state index is 0.0905. The molecule has 0 bridgehead atoms. The number of benzene rings is 1. The van der Waals surface area contributed by atoms with Gasteiger partial charge in [0.25, 0.3) is 5.69 Å². The molecule has 2 atom stereocenters. The lowest BCUT2D eigenvalue weighted by atomic mass is 9.94. The van der Waals surface area contributed by atoms with Crippen molar-refractivity contribution in [3.8, 4) is 0 Å². The van der Waals surface area contributed by atoms with E-state index in [4.69, 9.17) is 0 Å². The number of nitro groups is 1. The van der Waals surface area contributed by atoms with E-state index >= 15 is 0 Å². The smallest absolute Gasteiger partial charge is 0.269 e. The number of ketones is 1. The highest BCUT2D eigenvalue weighted by Gasteiger charge is 2.21. The average molecular weight is 223 g/mol. The van der Waals surface area contributed by atoms with E-state index in [2.05, 4.69) is 0 Å². The van der Waals surface area contributed by atoms with Crippen molar-refractivity contribution in [2.45, 2.75) is 20.0 Å². The molecule has 0 aromatic heterocycles. The summed E-state index contributed by atoms with van der Waals surface area (Å²) in [7, 11) is 0. The van der Waals surface area contributed by atoms with E-state index in [1.54, 1.807) is 13.0 Å². The van der Waals surface area contributed by atoms with E-state index in [1.807, 2.05) is 0 Å². The lowest BCUT2D eigenvalue weighted by Gasteiger charge is -2.16. The van der Waals surface area contributed by atoms with Gasteiger partial charge in [-0.1, -0.05) is 19.1 Å². The van der Waals surface area contributed by atoms with Crippen molar-refractivity contribution in [2.75, 3.05) is 0 Å². The maximum atomic E-state index is 11.1. The third-order valence-corrected chi connectivity index (χ3v) is 2.54. The highest BCUT2D eigenvalue weighted by Crippen LogP contribution is 2.25. The van der Waals surface area contributed by atoms with Gasteiger partial charge in [-0.25, -0.2) is 0 Å². The lowest BCUT2D eigenvalue weighted by Crippen LogP contribution is -2.16. The Labute approximate surface area is 92.9 Å². The number of hydrogen-bond acceptors (Lipinski definition) is 4. The minimum Gasteiger partial charge on any atom is -0.388 e. The monoisotopic (exact) mass is 223 g/mol. The van der Waals surface area contributed by atoms with Gasteiger partial charge in [0.2, 0.25) is 0 Å². The summed E-state index contributed by atoms with van der Waals surface area (Å²) in [6.07, 6.45) is -1.00. The number of carbonyl (C=O) groups is 1. The van der Waals surface area contributed by atoms with E-state index in [0.29, 0.717) is 5.56 Å². The molecule has 0 saturated carbocycles. The predicted octanol–water partition coefficient (Wildman–Crippen LogP) is 1.85. The summed E-state index contributed by atoms with van der Waals surface area (Å²) < 4.78 is 0. The van der Waals surface area contributed by atoms with Crippen LogP contribution in [0.25, 0.3) is 0 Å². The van der Waals surface area contributed by atoms with Crippen LogP contribution in [-0.2, 0) is 4.79 Å². The topological polar surface area (TPSA) is 80.4 Å². The third kappa shape index (κ3) is 2.64. The molecular weight excluding hydrogens is 210 g/mol. The molecule has 0 aliphatic carbocycles. The van der Waals surface area contributed by atoms with Gasteiger partial charge >= 0.3 is 0 Å². The minimum atomic E-state index is -1.00. The highest BCUT2D eigenvalue weighted by molar-refractivity contribution is 5.78. The Morgan fingerprint density at radius 2 is 2.12 bits per heavy atom. The summed E-state index contributed by atoms with van der Waals surface area (Å²) >= 11 is 0. The van der Waals surface area contributed by atoms with Crippen LogP contribution >= 0.6 is 0 Å². The molecule has 1 aromatic rings. The summed E-state index contributed by atoms with van der Waals surface area (Å²) in [5, 5.41) is 20.4. The van der Waals surface area contributed by atoms with Crippen molar-refractivity contribution in [2.24, 2.45) is 5.92 Å². The Hall–Kier alpha value is -1.75. The Morgan fingerprint density at radius 1 is 1.50 bits per heavy atom. The van der Waals surface area contributed by atoms with Crippen LogP contribution in [0.1, 0.15) is 25.5 Å². The van der Waals surface area contributed by atoms with Gasteiger partial charge in [-0.3, -0.25) is 14.9 Å². The van der Waals surface area contributed by atoms with Gasteiger partial charge in [0, 0.05) is 18.1 Å². The van der Waals surface area contributed by atoms with E-state index in [9.17, 15) is 20.0 Å². The van der Waals surface area contributed by atoms with Crippen LogP contribution in [0.2, 0.25) is 0 Å². The first kappa shape index (κ1) is 12.3. The first-order valence-electron chi connectivity index (χ1n) is 4.86. The van der Waals surface area contributed by atoms with E-state index in [-0.39, 0.29) is 11.5 Å². The highest BCUT2D eigenvalue weighted by atomic mass is 16.6. The summed E-state index contributed by atoms with van der Waals surface area (Å²) in [5.74, 6) is -0.721. The molecule has 1 N–H and O–H groups in total. The summed E-state index contributed by atoms with van der Waals surface area (Å²) in [5.41, 5.74) is 0.296. The molecule has 16 heavy (non-hydrogen) atoms. The van der Waals surface area contributed by atoms with Crippen molar-refractivity contribution in [3.63, 3.8) is 0 Å². The van der Waals surface area contributed by atoms with Crippen LogP contribution in [0.3, 0.4) is 0 Å². The second kappa shape index (κ2) is 4.85. The lowest BCUT2D eigenvalue weighted by molar-refractivity contribution is -0.385. The molecule has 0 aliphatic heterocycles. The van der Waals surface area contributed by atoms with Crippen LogP contribution < -0.4 is 0 Å². The maximum absolute atomic E-state index is 11.1. The number of aliphatic hydroxyl groups is 1. The molecule has 0 amide bonds. The normalized spacial score (nSPS) is 14.2. The molecule has 1 rings (SSSR count). The molecular formula is C11H13NO4. The van der Waals surface area contributed by atoms with Crippen LogP contribution in [-0.4, -0.2) is 15.8 Å². The Morgan fingerprint density at radius 3 is 2.62 bits per heavy atom. The zero-order chi connectivity index (χ0) is 12.3. The van der Waals surface area contributed by atoms with Crippen molar-refractivity contribution < 1.29 is 14.8 Å². The summed E-state index contributed by atoms with van der Waals surface area (Å²) in [6, 6.07) is 5.68. The molecule has 2 unspecified atom stereocenters. The molecule has 0 fully saturated rings. The number of non-ortho nitro benzene ring substituents is 1. The average Bonchev–Trinajstić information content (AvgIpc) is 2.27. The third-order valence-electron chi connectivity index (χ3n) is 2.54. The number of Topliss-reactive ketones (excluding diaryl/α,β-unsaturated/α-hetero) is 1. The standard InChI is InChI=1S/C11H13NO4/c1-7(8(2)13)11(14)9-4-3-5-10(6-9)12(15)16/h3-7,11,14H,1-2H3. The second-order valence-corrected chi connectivity index (χ2v) is 3.70. The summed E-state index contributed by atoms with van der Waals surface area (Å²) in [6.45, 7) is 2.97. The molecule has 1 aromatic carbocycles. The fourth-order valence-electron chi connectivity index (χ4n) is 1.33. The van der Waals surface area contributed by atoms with Gasteiger partial charge in [0.15, 0.2) is 0 Å². The Kier molecular flexibility index (Phi) is 3.73. The van der Waals surface area contributed by atoms with Crippen molar-refractivity contribution in [1.82, 2.24) is 0 Å². The second-order valence-electron chi connectivity index (χ2n) is 3.70. The van der Waals surface area contributed by atoms with Gasteiger partial charge in [-0.05, 0) is 12.5 Å². The number of carbonyl (C=O) groups excluding carboxylic acids is 1. The molecule has 0 saturated heterocycles. The largest absolute Gasteiger partial charge is 0.388 e. The Balaban J connectivity index is 3.00. The van der Waals surface area contributed by atoms with Gasteiger partial charge in [0.1, 0.15) is 5.78 Å². The SMILES string of the molecule is CC(=O)C(C)C(O)c1cccc([N+](=O)[O-])c1. The molecule has 86 valence electrons. The number of aliphatic hydroxyl groups excluding tert-OH is 1. The number of hydrogen-bond donors (Lipinski definition) is 1. The fourth-order valence-corrected chi connectivity index (χ4v) is 1.33. The zero-order valence-electron chi connectivity index (χ0n) is 9.08. The first-order chi connectivity index (χ1) is 7.43. The Bertz CT molecular complexity index is 416. The van der Waals surface area contributed by atoms with Crippen molar-refractivity contribution in [1.29, 1.82) is 0 Å². The molecule has 5 nitrogen and oxygen atoms in total.